The summed E-state index contributed by atoms with van der Waals surface area (Å²) in [7, 11) is 0. The van der Waals surface area contributed by atoms with Crippen LogP contribution < -0.4 is 5.73 Å². The van der Waals surface area contributed by atoms with Crippen LogP contribution in [0.4, 0.5) is 5.00 Å². The Morgan fingerprint density at radius 3 is 2.60 bits per heavy atom. The van der Waals surface area contributed by atoms with Gasteiger partial charge in [0.1, 0.15) is 0 Å². The topological polar surface area (TPSA) is 49.6 Å². The molecular weight excluding hydrogens is 270 g/mol. The first-order chi connectivity index (χ1) is 9.49. The minimum atomic E-state index is 0.1000. The Morgan fingerprint density at radius 2 is 2.05 bits per heavy atom. The molecule has 0 radical (unpaired) electrons. The second-order valence-electron chi connectivity index (χ2n) is 5.53. The normalized spacial score (nSPS) is 15.4. The molecule has 4 nitrogen and oxygen atoms in total. The third-order valence-corrected chi connectivity index (χ3v) is 5.15. The van der Waals surface area contributed by atoms with E-state index in [4.69, 9.17) is 5.73 Å². The molecule has 1 amide bonds. The van der Waals surface area contributed by atoms with Gasteiger partial charge in [-0.3, -0.25) is 9.69 Å². The number of carbonyl (C=O) groups excluding carboxylic acids is 1. The van der Waals surface area contributed by atoms with E-state index in [1.807, 2.05) is 18.7 Å². The number of hydrogen-bond acceptors (Lipinski definition) is 4. The van der Waals surface area contributed by atoms with Gasteiger partial charge in [-0.1, -0.05) is 0 Å². The molecule has 20 heavy (non-hydrogen) atoms. The third kappa shape index (κ3) is 2.69. The molecule has 2 rings (SSSR count). The quantitative estimate of drug-likeness (QED) is 0.929. The van der Waals surface area contributed by atoms with Crippen LogP contribution in [0.15, 0.2) is 0 Å². The molecule has 112 valence electrons. The summed E-state index contributed by atoms with van der Waals surface area (Å²) in [6.45, 7) is 11.9. The Balaban J connectivity index is 2.32. The van der Waals surface area contributed by atoms with Gasteiger partial charge in [0.05, 0.1) is 10.6 Å². The van der Waals surface area contributed by atoms with Crippen molar-refractivity contribution in [2.24, 2.45) is 0 Å². The summed E-state index contributed by atoms with van der Waals surface area (Å²) in [6.07, 6.45) is 0.934. The van der Waals surface area contributed by atoms with Crippen molar-refractivity contribution < 1.29 is 4.79 Å². The fourth-order valence-electron chi connectivity index (χ4n) is 2.79. The summed E-state index contributed by atoms with van der Waals surface area (Å²) < 4.78 is 0. The van der Waals surface area contributed by atoms with E-state index in [1.54, 1.807) is 11.3 Å². The van der Waals surface area contributed by atoms with E-state index < -0.39 is 0 Å². The molecule has 1 aliphatic heterocycles. The van der Waals surface area contributed by atoms with Crippen LogP contribution >= 0.6 is 11.3 Å². The zero-order valence-electron chi connectivity index (χ0n) is 12.9. The van der Waals surface area contributed by atoms with E-state index in [2.05, 4.69) is 18.7 Å². The number of hydrogen-bond donors (Lipinski definition) is 1. The number of fused-ring (bicyclic) bond motifs is 1. The molecule has 0 spiro atoms. The maximum absolute atomic E-state index is 12.6. The molecule has 0 atom stereocenters. The molecule has 0 bridgehead atoms. The van der Waals surface area contributed by atoms with Crippen LogP contribution in [0, 0.1) is 0 Å². The van der Waals surface area contributed by atoms with Crippen LogP contribution in [0.2, 0.25) is 0 Å². The number of rotatable bonds is 4. The monoisotopic (exact) mass is 295 g/mol. The Morgan fingerprint density at radius 1 is 1.40 bits per heavy atom. The van der Waals surface area contributed by atoms with E-state index in [0.717, 1.165) is 38.2 Å². The molecule has 0 saturated heterocycles. The lowest BCUT2D eigenvalue weighted by Gasteiger charge is -2.30. The SMILES string of the molecule is CCN(CC)C(=O)c1c(N)sc2c1CCN(C(C)C)C2. The smallest absolute Gasteiger partial charge is 0.257 e. The van der Waals surface area contributed by atoms with Crippen molar-refractivity contribution in [1.82, 2.24) is 9.80 Å². The minimum Gasteiger partial charge on any atom is -0.390 e. The highest BCUT2D eigenvalue weighted by Crippen LogP contribution is 2.36. The van der Waals surface area contributed by atoms with Gasteiger partial charge >= 0.3 is 0 Å². The molecule has 0 fully saturated rings. The molecule has 1 aliphatic rings. The van der Waals surface area contributed by atoms with Gasteiger partial charge in [0.15, 0.2) is 0 Å². The fourth-order valence-corrected chi connectivity index (χ4v) is 3.92. The lowest BCUT2D eigenvalue weighted by atomic mass is 10.0. The second kappa shape index (κ2) is 6.14. The molecule has 0 unspecified atom stereocenters. The molecule has 5 heteroatoms. The van der Waals surface area contributed by atoms with Gasteiger partial charge < -0.3 is 10.6 Å². The maximum Gasteiger partial charge on any atom is 0.257 e. The van der Waals surface area contributed by atoms with Crippen molar-refractivity contribution in [3.63, 3.8) is 0 Å². The van der Waals surface area contributed by atoms with Gasteiger partial charge in [0.2, 0.25) is 0 Å². The van der Waals surface area contributed by atoms with Crippen LogP contribution in [0.1, 0.15) is 48.5 Å². The van der Waals surface area contributed by atoms with Crippen LogP contribution in [-0.2, 0) is 13.0 Å². The van der Waals surface area contributed by atoms with Gasteiger partial charge in [0, 0.05) is 37.1 Å². The lowest BCUT2D eigenvalue weighted by molar-refractivity contribution is 0.0772. The first kappa shape index (κ1) is 15.3. The molecule has 2 heterocycles. The summed E-state index contributed by atoms with van der Waals surface area (Å²) >= 11 is 1.59. The van der Waals surface area contributed by atoms with E-state index >= 15 is 0 Å². The van der Waals surface area contributed by atoms with Crippen molar-refractivity contribution in [2.75, 3.05) is 25.4 Å². The summed E-state index contributed by atoms with van der Waals surface area (Å²) in [6, 6.07) is 0.536. The van der Waals surface area contributed by atoms with E-state index in [0.29, 0.717) is 11.0 Å². The number of nitrogen functional groups attached to an aromatic ring is 1. The third-order valence-electron chi connectivity index (χ3n) is 4.11. The summed E-state index contributed by atoms with van der Waals surface area (Å²) in [5.74, 6) is 0.1000. The molecular formula is C15H25N3OS. The fraction of sp³-hybridized carbons (Fsp3) is 0.667. The average Bonchev–Trinajstić information content (AvgIpc) is 2.74. The number of thiophene rings is 1. The second-order valence-corrected chi connectivity index (χ2v) is 6.67. The van der Waals surface area contributed by atoms with Gasteiger partial charge in [-0.25, -0.2) is 0 Å². The zero-order valence-corrected chi connectivity index (χ0v) is 13.7. The van der Waals surface area contributed by atoms with E-state index in [1.165, 1.54) is 10.4 Å². The zero-order chi connectivity index (χ0) is 14.9. The van der Waals surface area contributed by atoms with E-state index in [9.17, 15) is 4.79 Å². The lowest BCUT2D eigenvalue weighted by Crippen LogP contribution is -2.36. The Labute approximate surface area is 125 Å². The number of carbonyl (C=O) groups is 1. The van der Waals surface area contributed by atoms with Gasteiger partial charge in [0.25, 0.3) is 5.91 Å². The standard InChI is InChI=1S/C15H25N3OS/c1-5-17(6-2)15(19)13-11-7-8-18(10(3)4)9-12(11)20-14(13)16/h10H,5-9,16H2,1-4H3. The summed E-state index contributed by atoms with van der Waals surface area (Å²) in [4.78, 5) is 18.2. The van der Waals surface area contributed by atoms with Crippen LogP contribution in [0.25, 0.3) is 0 Å². The van der Waals surface area contributed by atoms with Crippen molar-refractivity contribution >= 4 is 22.2 Å². The number of nitrogens with two attached hydrogens (primary N) is 1. The van der Waals surface area contributed by atoms with Gasteiger partial charge in [-0.05, 0) is 39.7 Å². The van der Waals surface area contributed by atoms with Crippen molar-refractivity contribution in [2.45, 2.75) is 46.7 Å². The predicted molar refractivity (Wildman–Crippen MR) is 85.2 cm³/mol. The number of anilines is 1. The Hall–Kier alpha value is -1.07. The van der Waals surface area contributed by atoms with Crippen LogP contribution in [0.5, 0.6) is 0 Å². The number of nitrogens with zero attached hydrogens (tertiary/aromatic N) is 2. The van der Waals surface area contributed by atoms with E-state index in [-0.39, 0.29) is 5.91 Å². The van der Waals surface area contributed by atoms with Crippen LogP contribution in [-0.4, -0.2) is 41.4 Å². The first-order valence-electron chi connectivity index (χ1n) is 7.42. The molecule has 0 saturated carbocycles. The highest BCUT2D eigenvalue weighted by molar-refractivity contribution is 7.16. The summed E-state index contributed by atoms with van der Waals surface area (Å²) in [5, 5.41) is 0.692. The summed E-state index contributed by atoms with van der Waals surface area (Å²) in [5.41, 5.74) is 8.11. The Kier molecular flexibility index (Phi) is 4.70. The maximum atomic E-state index is 12.6. The molecule has 1 aromatic rings. The predicted octanol–water partition coefficient (Wildman–Crippen LogP) is 2.58. The molecule has 1 aromatic heterocycles. The molecule has 0 aromatic carbocycles. The average molecular weight is 295 g/mol. The molecule has 2 N–H and O–H groups in total. The number of amides is 1. The minimum absolute atomic E-state index is 0.1000. The largest absolute Gasteiger partial charge is 0.390 e. The molecule has 0 aliphatic carbocycles. The van der Waals surface area contributed by atoms with Crippen molar-refractivity contribution in [3.8, 4) is 0 Å². The van der Waals surface area contributed by atoms with Crippen LogP contribution in [0.3, 0.4) is 0 Å². The first-order valence-corrected chi connectivity index (χ1v) is 8.24. The van der Waals surface area contributed by atoms with Gasteiger partial charge in [-0.15, -0.1) is 11.3 Å². The van der Waals surface area contributed by atoms with Gasteiger partial charge in [-0.2, -0.15) is 0 Å². The Bertz CT molecular complexity index is 492. The van der Waals surface area contributed by atoms with Crippen molar-refractivity contribution in [3.05, 3.63) is 16.0 Å². The van der Waals surface area contributed by atoms with Crippen molar-refractivity contribution in [1.29, 1.82) is 0 Å². The highest BCUT2D eigenvalue weighted by Gasteiger charge is 2.29. The highest BCUT2D eigenvalue weighted by atomic mass is 32.1.